The number of benzene rings is 4. The maximum atomic E-state index is 12.1. The third-order valence-electron chi connectivity index (χ3n) is 11.3. The summed E-state index contributed by atoms with van der Waals surface area (Å²) in [7, 11) is 0. The van der Waals surface area contributed by atoms with E-state index >= 15 is 0 Å². The fourth-order valence-electron chi connectivity index (χ4n) is 7.89. The van der Waals surface area contributed by atoms with Gasteiger partial charge in [0, 0.05) is 55.4 Å². The molecular formula is C49H54N4O8. The van der Waals surface area contributed by atoms with Crippen LogP contribution in [0.5, 0.6) is 11.5 Å². The lowest BCUT2D eigenvalue weighted by Gasteiger charge is -2.16. The Labute approximate surface area is 356 Å². The van der Waals surface area contributed by atoms with Gasteiger partial charge in [-0.25, -0.2) is 14.8 Å². The van der Waals surface area contributed by atoms with Gasteiger partial charge in [-0.15, -0.1) is 0 Å². The lowest BCUT2D eigenvalue weighted by Crippen LogP contribution is -2.30. The van der Waals surface area contributed by atoms with Crippen LogP contribution in [-0.2, 0) is 22.4 Å². The van der Waals surface area contributed by atoms with Crippen LogP contribution in [0.2, 0.25) is 0 Å². The first-order valence-corrected chi connectivity index (χ1v) is 21.0. The summed E-state index contributed by atoms with van der Waals surface area (Å²) in [5.74, 6) is 3.87. The van der Waals surface area contributed by atoms with Crippen molar-refractivity contribution >= 4 is 12.1 Å². The number of hydrogen-bond acceptors (Lipinski definition) is 10. The number of oxazole rings is 2. The smallest absolute Gasteiger partial charge is 0.409 e. The molecule has 0 unspecified atom stereocenters. The van der Waals surface area contributed by atoms with E-state index in [1.54, 1.807) is 6.92 Å². The molecule has 0 spiro atoms. The zero-order valence-corrected chi connectivity index (χ0v) is 35.2. The van der Waals surface area contributed by atoms with Crippen LogP contribution in [-0.4, -0.2) is 78.0 Å². The molecule has 2 N–H and O–H groups in total. The highest BCUT2D eigenvalue weighted by Crippen LogP contribution is 2.34. The molecule has 61 heavy (non-hydrogen) atoms. The van der Waals surface area contributed by atoms with Crippen molar-refractivity contribution < 1.29 is 37.7 Å². The van der Waals surface area contributed by atoms with Gasteiger partial charge in [0.25, 0.3) is 0 Å². The van der Waals surface area contributed by atoms with Crippen molar-refractivity contribution in [1.29, 1.82) is 0 Å². The predicted molar refractivity (Wildman–Crippen MR) is 232 cm³/mol. The Morgan fingerprint density at radius 1 is 0.705 bits per heavy atom. The van der Waals surface area contributed by atoms with Gasteiger partial charge < -0.3 is 38.4 Å². The summed E-state index contributed by atoms with van der Waals surface area (Å²) < 4.78 is 28.5. The van der Waals surface area contributed by atoms with Crippen LogP contribution in [0.4, 0.5) is 4.79 Å². The van der Waals surface area contributed by atoms with Crippen molar-refractivity contribution in [1.82, 2.24) is 20.2 Å². The normalized spacial score (nSPS) is 18.3. The molecule has 2 aliphatic rings. The Hall–Kier alpha value is -6.40. The molecule has 2 aliphatic heterocycles. The zero-order valence-electron chi connectivity index (χ0n) is 35.2. The van der Waals surface area contributed by atoms with Crippen molar-refractivity contribution in [3.8, 4) is 34.4 Å². The number of amides is 1. The Bertz CT molecular complexity index is 2330. The van der Waals surface area contributed by atoms with Crippen LogP contribution >= 0.6 is 0 Å². The molecule has 0 saturated carbocycles. The number of rotatable bonds is 14. The number of nitrogens with zero attached hydrogens (tertiary/aromatic N) is 3. The maximum Gasteiger partial charge on any atom is 0.409 e. The van der Waals surface area contributed by atoms with E-state index < -0.39 is 18.0 Å². The Morgan fingerprint density at radius 2 is 1.20 bits per heavy atom. The standard InChI is InChI=1S/C26H28N2O6.C23H26N2O2/c1-3-32-26(31)28-15-21(22(16-28)25(29)30)18-9-11-20(12-10-18)33-14-13-23-17(2)34-24(27-23)19-7-5-4-6-8-19;1-16-14-24-15-21(16)18-8-10-20(11-9-18)26-13-12-22-17(2)27-23(25-22)19-6-4-3-5-7-19/h4-12,21-22H,3,13-16H2,1-2H3,(H,29,30);3-11,16,21,24H,12-15H2,1-2H3/t21-,22-;16-,21+/m11/s1. The van der Waals surface area contributed by atoms with Crippen molar-refractivity contribution in [2.75, 3.05) is 46.0 Å². The van der Waals surface area contributed by atoms with Gasteiger partial charge in [0.15, 0.2) is 0 Å². The maximum absolute atomic E-state index is 12.1. The van der Waals surface area contributed by atoms with Crippen LogP contribution in [0.1, 0.15) is 59.7 Å². The second kappa shape index (κ2) is 20.2. The number of aryl methyl sites for hydroxylation is 2. The third kappa shape index (κ3) is 10.9. The Balaban J connectivity index is 0.000000189. The van der Waals surface area contributed by atoms with Crippen LogP contribution in [0.25, 0.3) is 22.9 Å². The monoisotopic (exact) mass is 826 g/mol. The van der Waals surface area contributed by atoms with Gasteiger partial charge in [-0.2, -0.15) is 0 Å². The molecule has 8 rings (SSSR count). The van der Waals surface area contributed by atoms with Gasteiger partial charge >= 0.3 is 12.1 Å². The van der Waals surface area contributed by atoms with E-state index in [-0.39, 0.29) is 19.1 Å². The van der Waals surface area contributed by atoms with Gasteiger partial charge in [-0.3, -0.25) is 4.79 Å². The fourth-order valence-corrected chi connectivity index (χ4v) is 7.89. The summed E-state index contributed by atoms with van der Waals surface area (Å²) in [6.07, 6.45) is 0.852. The summed E-state index contributed by atoms with van der Waals surface area (Å²) in [6.45, 7) is 11.8. The molecule has 12 heteroatoms. The summed E-state index contributed by atoms with van der Waals surface area (Å²) >= 11 is 0. The highest BCUT2D eigenvalue weighted by Gasteiger charge is 2.41. The largest absolute Gasteiger partial charge is 0.493 e. The summed E-state index contributed by atoms with van der Waals surface area (Å²) in [5.41, 5.74) is 5.98. The molecule has 6 aromatic rings. The van der Waals surface area contributed by atoms with Crippen molar-refractivity contribution in [3.63, 3.8) is 0 Å². The minimum Gasteiger partial charge on any atom is -0.493 e. The van der Waals surface area contributed by atoms with Crippen molar-refractivity contribution in [2.45, 2.75) is 52.4 Å². The predicted octanol–water partition coefficient (Wildman–Crippen LogP) is 9.12. The molecule has 0 bridgehead atoms. The quantitative estimate of drug-likeness (QED) is 0.108. The Kier molecular flexibility index (Phi) is 14.2. The lowest BCUT2D eigenvalue weighted by molar-refractivity contribution is -0.141. The van der Waals surface area contributed by atoms with Crippen LogP contribution in [0, 0.1) is 25.7 Å². The molecule has 0 aliphatic carbocycles. The van der Waals surface area contributed by atoms with E-state index in [2.05, 4.69) is 46.5 Å². The first-order chi connectivity index (χ1) is 29.7. The van der Waals surface area contributed by atoms with Crippen LogP contribution < -0.4 is 14.8 Å². The second-order valence-electron chi connectivity index (χ2n) is 15.5. The Morgan fingerprint density at radius 3 is 1.64 bits per heavy atom. The van der Waals surface area contributed by atoms with E-state index in [0.29, 0.717) is 55.5 Å². The van der Waals surface area contributed by atoms with E-state index in [4.69, 9.17) is 23.0 Å². The molecule has 12 nitrogen and oxygen atoms in total. The molecule has 318 valence electrons. The van der Waals surface area contributed by atoms with Gasteiger partial charge in [0.1, 0.15) is 23.0 Å². The first kappa shape index (κ1) is 42.7. The number of likely N-dealkylation sites (tertiary alicyclic amines) is 1. The molecule has 0 radical (unpaired) electrons. The molecule has 4 heterocycles. The van der Waals surface area contributed by atoms with E-state index in [1.807, 2.05) is 98.8 Å². The van der Waals surface area contributed by atoms with Crippen molar-refractivity contribution in [3.05, 3.63) is 143 Å². The number of carboxylic acid groups (broad SMARTS) is 1. The highest BCUT2D eigenvalue weighted by molar-refractivity contribution is 5.75. The molecule has 2 saturated heterocycles. The summed E-state index contributed by atoms with van der Waals surface area (Å²) in [6, 6.07) is 35.6. The molecule has 4 atom stereocenters. The van der Waals surface area contributed by atoms with Crippen molar-refractivity contribution in [2.24, 2.45) is 11.8 Å². The fraction of sp³-hybridized carbons (Fsp3) is 0.347. The van der Waals surface area contributed by atoms with Gasteiger partial charge in [0.2, 0.25) is 11.8 Å². The van der Waals surface area contributed by atoms with Gasteiger partial charge in [-0.1, -0.05) is 67.6 Å². The molecular weight excluding hydrogens is 773 g/mol. The number of carboxylic acids is 1. The molecule has 2 fully saturated rings. The SMILES string of the molecule is CCOC(=O)N1C[C@H](c2ccc(OCCc3nc(-c4ccccc4)oc3C)cc2)[C@H](C(=O)O)C1.Cc1oc(-c2ccccc2)nc1CCOc1ccc([C@H]2CNC[C@H]2C)cc1. The molecule has 2 aromatic heterocycles. The van der Waals surface area contributed by atoms with Gasteiger partial charge in [-0.05, 0) is 92.9 Å². The number of carbonyl (C=O) groups excluding carboxylic acids is 1. The van der Waals surface area contributed by atoms with E-state index in [9.17, 15) is 14.7 Å². The van der Waals surface area contributed by atoms with Crippen LogP contribution in [0.3, 0.4) is 0 Å². The minimum atomic E-state index is -0.921. The minimum absolute atomic E-state index is 0.138. The number of aliphatic carboxylic acids is 1. The average molecular weight is 827 g/mol. The van der Waals surface area contributed by atoms with Gasteiger partial charge in [0.05, 0.1) is 37.1 Å². The number of ether oxygens (including phenoxy) is 3. The summed E-state index contributed by atoms with van der Waals surface area (Å²) in [5, 5.41) is 13.1. The van der Waals surface area contributed by atoms with E-state index in [0.717, 1.165) is 64.9 Å². The third-order valence-corrected chi connectivity index (χ3v) is 11.3. The topological polar surface area (TPSA) is 149 Å². The molecule has 4 aromatic carbocycles. The zero-order chi connectivity index (χ0) is 42.7. The number of nitrogens with one attached hydrogen (secondary N) is 1. The number of carbonyl (C=O) groups is 2. The van der Waals surface area contributed by atoms with Crippen LogP contribution in [0.15, 0.2) is 118 Å². The average Bonchev–Trinajstić information content (AvgIpc) is 4.09. The second-order valence-corrected chi connectivity index (χ2v) is 15.5. The first-order valence-electron chi connectivity index (χ1n) is 21.0. The summed E-state index contributed by atoms with van der Waals surface area (Å²) in [4.78, 5) is 34.5. The molecule has 1 amide bonds. The number of aromatic nitrogens is 2. The number of hydrogen-bond donors (Lipinski definition) is 2. The highest BCUT2D eigenvalue weighted by atomic mass is 16.6. The lowest BCUT2D eigenvalue weighted by atomic mass is 9.89. The van der Waals surface area contributed by atoms with E-state index in [1.165, 1.54) is 10.5 Å².